The van der Waals surface area contributed by atoms with Gasteiger partial charge >= 0.3 is 10.9 Å². The smallest absolute Gasteiger partial charge is 0.328 e. The van der Waals surface area contributed by atoms with Crippen LogP contribution in [0.3, 0.4) is 0 Å². The molecule has 0 bridgehead atoms. The van der Waals surface area contributed by atoms with E-state index in [1.54, 1.807) is 4.90 Å². The number of thioether (sulfide) groups is 1. The molecule has 9 nitrogen and oxygen atoms in total. The van der Waals surface area contributed by atoms with E-state index in [1.165, 1.54) is 28.8 Å². The standard InChI is InChI=1S/C22H21FN4O5S2/c23-12-6-4-11(5-7-12)14-15-16(19(30)27(18(15)29)21(24)31)33-20-17(14)34-22(32)26(20)10-13(28)25-8-2-1-3-9-25/h4-7,14-16H,1-3,8-10H2,(H2,24,31)/t14-,15+,16-/m0/s1. The van der Waals surface area contributed by atoms with E-state index in [2.05, 4.69) is 0 Å². The quantitative estimate of drug-likeness (QED) is 0.635. The Morgan fingerprint density at radius 3 is 2.35 bits per heavy atom. The number of benzene rings is 1. The van der Waals surface area contributed by atoms with Gasteiger partial charge in [-0.25, -0.2) is 9.18 Å². The van der Waals surface area contributed by atoms with Gasteiger partial charge in [0.15, 0.2) is 0 Å². The summed E-state index contributed by atoms with van der Waals surface area (Å²) < 4.78 is 15.0. The van der Waals surface area contributed by atoms with Crippen molar-refractivity contribution in [3.8, 4) is 0 Å². The molecule has 12 heteroatoms. The Labute approximate surface area is 201 Å². The molecule has 2 saturated heterocycles. The minimum absolute atomic E-state index is 0.174. The molecule has 0 radical (unpaired) electrons. The number of primary amides is 1. The molecule has 178 valence electrons. The summed E-state index contributed by atoms with van der Waals surface area (Å²) in [6.45, 7) is 1.10. The number of nitrogens with zero attached hydrogens (tertiary/aromatic N) is 3. The Morgan fingerprint density at radius 1 is 1.03 bits per heavy atom. The van der Waals surface area contributed by atoms with E-state index in [9.17, 15) is 28.4 Å². The lowest BCUT2D eigenvalue weighted by atomic mass is 9.83. The van der Waals surface area contributed by atoms with Gasteiger partial charge in [-0.1, -0.05) is 35.2 Å². The average molecular weight is 505 g/mol. The lowest BCUT2D eigenvalue weighted by Gasteiger charge is -2.31. The van der Waals surface area contributed by atoms with Crippen LogP contribution in [-0.4, -0.2) is 56.5 Å². The zero-order valence-corrected chi connectivity index (χ0v) is 19.6. The number of likely N-dealkylation sites (tertiary alicyclic amines) is 2. The van der Waals surface area contributed by atoms with E-state index in [4.69, 9.17) is 5.73 Å². The molecule has 0 aliphatic carbocycles. The summed E-state index contributed by atoms with van der Waals surface area (Å²) >= 11 is 1.91. The van der Waals surface area contributed by atoms with Crippen LogP contribution < -0.4 is 10.6 Å². The number of imide groups is 3. The van der Waals surface area contributed by atoms with E-state index in [0.717, 1.165) is 42.4 Å². The fourth-order valence-electron chi connectivity index (χ4n) is 4.88. The van der Waals surface area contributed by atoms with Gasteiger partial charge in [0.05, 0.1) is 10.9 Å². The molecule has 2 aromatic rings. The number of carbonyl (C=O) groups is 4. The summed E-state index contributed by atoms with van der Waals surface area (Å²) in [4.78, 5) is 66.2. The van der Waals surface area contributed by atoms with Crippen molar-refractivity contribution < 1.29 is 23.6 Å². The number of rotatable bonds is 3. The van der Waals surface area contributed by atoms with E-state index in [-0.39, 0.29) is 17.3 Å². The number of hydrogen-bond donors (Lipinski definition) is 1. The molecular formula is C22H21FN4O5S2. The molecule has 2 N–H and O–H groups in total. The third-order valence-corrected chi connectivity index (χ3v) is 9.10. The fourth-order valence-corrected chi connectivity index (χ4v) is 7.65. The molecule has 1 aromatic carbocycles. The third kappa shape index (κ3) is 3.65. The maximum Gasteiger partial charge on any atom is 0.328 e. The zero-order valence-electron chi connectivity index (χ0n) is 17.9. The van der Waals surface area contributed by atoms with Crippen LogP contribution >= 0.6 is 23.1 Å². The van der Waals surface area contributed by atoms with Gasteiger partial charge in [0.2, 0.25) is 11.8 Å². The van der Waals surface area contributed by atoms with Crippen LogP contribution in [0.1, 0.15) is 35.6 Å². The van der Waals surface area contributed by atoms with Crippen molar-refractivity contribution in [2.45, 2.75) is 42.0 Å². The van der Waals surface area contributed by atoms with Gasteiger partial charge in [0.25, 0.3) is 5.91 Å². The first kappa shape index (κ1) is 22.8. The SMILES string of the molecule is NC(=O)N1C(=O)[C@@H]2[C@H](c3ccc(F)cc3)c3sc(=O)n(CC(=O)N4CCCCC4)c3S[C@@H]2C1=O. The monoisotopic (exact) mass is 504 g/mol. The number of nitrogens with two attached hydrogens (primary N) is 1. The van der Waals surface area contributed by atoms with Crippen LogP contribution in [0.15, 0.2) is 34.1 Å². The Balaban J connectivity index is 1.59. The van der Waals surface area contributed by atoms with Gasteiger partial charge < -0.3 is 10.6 Å². The largest absolute Gasteiger partial charge is 0.351 e. The molecule has 1 aromatic heterocycles. The topological polar surface area (TPSA) is 123 Å². The Bertz CT molecular complexity index is 1250. The van der Waals surface area contributed by atoms with Gasteiger partial charge in [0, 0.05) is 23.9 Å². The number of piperidine rings is 1. The predicted octanol–water partition coefficient (Wildman–Crippen LogP) is 1.73. The van der Waals surface area contributed by atoms with E-state index < -0.39 is 40.7 Å². The molecule has 2 fully saturated rings. The van der Waals surface area contributed by atoms with Crippen molar-refractivity contribution in [1.29, 1.82) is 0 Å². The number of hydrogen-bond acceptors (Lipinski definition) is 7. The number of carbonyl (C=O) groups excluding carboxylic acids is 4. The maximum atomic E-state index is 13.6. The summed E-state index contributed by atoms with van der Waals surface area (Å²) in [5.41, 5.74) is 5.83. The van der Waals surface area contributed by atoms with Gasteiger partial charge in [-0.15, -0.1) is 0 Å². The second-order valence-electron chi connectivity index (χ2n) is 8.51. The predicted molar refractivity (Wildman–Crippen MR) is 122 cm³/mol. The lowest BCUT2D eigenvalue weighted by Crippen LogP contribution is -2.41. The Morgan fingerprint density at radius 2 is 1.71 bits per heavy atom. The van der Waals surface area contributed by atoms with Crippen LogP contribution in [0.5, 0.6) is 0 Å². The number of amides is 5. The van der Waals surface area contributed by atoms with Crippen molar-refractivity contribution in [2.75, 3.05) is 13.1 Å². The van der Waals surface area contributed by atoms with Crippen LogP contribution in [0.2, 0.25) is 0 Å². The van der Waals surface area contributed by atoms with Gasteiger partial charge in [0.1, 0.15) is 17.6 Å². The first-order valence-electron chi connectivity index (χ1n) is 10.9. The highest BCUT2D eigenvalue weighted by Crippen LogP contribution is 2.53. The van der Waals surface area contributed by atoms with E-state index in [0.29, 0.717) is 33.5 Å². The summed E-state index contributed by atoms with van der Waals surface area (Å²) in [7, 11) is 0. The number of aromatic nitrogens is 1. The summed E-state index contributed by atoms with van der Waals surface area (Å²) in [6, 6.07) is 4.30. The summed E-state index contributed by atoms with van der Waals surface area (Å²) in [5.74, 6) is -3.89. The second kappa shape index (κ2) is 8.66. The molecule has 3 aliphatic rings. The highest BCUT2D eigenvalue weighted by molar-refractivity contribution is 8.00. The Hall–Kier alpha value is -2.99. The van der Waals surface area contributed by atoms with Gasteiger partial charge in [-0.2, -0.15) is 4.90 Å². The first-order chi connectivity index (χ1) is 16.3. The number of fused-ring (bicyclic) bond motifs is 2. The van der Waals surface area contributed by atoms with Crippen LogP contribution in [-0.2, 0) is 20.9 Å². The molecule has 3 atom stereocenters. The Kier molecular flexibility index (Phi) is 5.80. The number of halogens is 1. The lowest BCUT2D eigenvalue weighted by molar-refractivity contribution is -0.136. The minimum atomic E-state index is -1.16. The van der Waals surface area contributed by atoms with Crippen molar-refractivity contribution >= 4 is 46.9 Å². The normalized spacial score (nSPS) is 24.2. The molecule has 4 heterocycles. The van der Waals surface area contributed by atoms with Crippen molar-refractivity contribution in [3.63, 3.8) is 0 Å². The molecule has 0 spiro atoms. The van der Waals surface area contributed by atoms with Gasteiger partial charge in [-0.3, -0.25) is 23.7 Å². The van der Waals surface area contributed by atoms with Crippen molar-refractivity contribution in [1.82, 2.24) is 14.4 Å². The summed E-state index contributed by atoms with van der Waals surface area (Å²) in [6.07, 6.45) is 2.88. The highest BCUT2D eigenvalue weighted by atomic mass is 32.2. The van der Waals surface area contributed by atoms with Crippen LogP contribution in [0.4, 0.5) is 9.18 Å². The van der Waals surface area contributed by atoms with Crippen molar-refractivity contribution in [2.24, 2.45) is 11.7 Å². The van der Waals surface area contributed by atoms with Crippen molar-refractivity contribution in [3.05, 3.63) is 50.2 Å². The highest BCUT2D eigenvalue weighted by Gasteiger charge is 2.57. The number of thiazole rings is 1. The van der Waals surface area contributed by atoms with Gasteiger partial charge in [-0.05, 0) is 37.0 Å². The molecule has 34 heavy (non-hydrogen) atoms. The van der Waals surface area contributed by atoms with E-state index in [1.807, 2.05) is 0 Å². The fraction of sp³-hybridized carbons (Fsp3) is 0.409. The zero-order chi connectivity index (χ0) is 24.1. The molecule has 0 unspecified atom stereocenters. The third-order valence-electron chi connectivity index (χ3n) is 6.50. The van der Waals surface area contributed by atoms with Crippen LogP contribution in [0.25, 0.3) is 0 Å². The molecule has 5 amide bonds. The summed E-state index contributed by atoms with van der Waals surface area (Å²) in [5, 5.41) is -0.573. The first-order valence-corrected chi connectivity index (χ1v) is 12.6. The molecule has 0 saturated carbocycles. The van der Waals surface area contributed by atoms with Crippen LogP contribution in [0, 0.1) is 11.7 Å². The molecule has 5 rings (SSSR count). The molecular weight excluding hydrogens is 483 g/mol. The maximum absolute atomic E-state index is 13.6. The number of urea groups is 1. The molecule has 3 aliphatic heterocycles. The van der Waals surface area contributed by atoms with E-state index >= 15 is 0 Å². The average Bonchev–Trinajstić information content (AvgIpc) is 3.26. The second-order valence-corrected chi connectivity index (χ2v) is 10.6. The minimum Gasteiger partial charge on any atom is -0.351 e.